The third-order valence-corrected chi connectivity index (χ3v) is 1.50. The molecular formula is C7H7ClO2. The first-order chi connectivity index (χ1) is 4.64. The molecule has 0 radical (unpaired) electrons. The van der Waals surface area contributed by atoms with Gasteiger partial charge in [0, 0.05) is 12.0 Å². The molecule has 1 atom stereocenters. The number of rotatable bonds is 1. The normalized spacial score (nSPS) is 31.6. The Morgan fingerprint density at radius 2 is 2.50 bits per heavy atom. The van der Waals surface area contributed by atoms with E-state index in [4.69, 9.17) is 16.7 Å². The van der Waals surface area contributed by atoms with Crippen LogP contribution in [0.5, 0.6) is 0 Å². The summed E-state index contributed by atoms with van der Waals surface area (Å²) in [5, 5.41) is 7.80. The van der Waals surface area contributed by atoms with Crippen molar-refractivity contribution < 1.29 is 9.90 Å². The lowest BCUT2D eigenvalue weighted by Gasteiger charge is -2.17. The maximum atomic E-state index is 10.2. The fraction of sp³-hybridized carbons (Fsp3) is 0.286. The molecule has 3 heteroatoms. The van der Waals surface area contributed by atoms with Gasteiger partial charge in [-0.05, 0) is 6.08 Å². The highest BCUT2D eigenvalue weighted by Crippen LogP contribution is 2.23. The molecule has 10 heavy (non-hydrogen) atoms. The highest BCUT2D eigenvalue weighted by Gasteiger charge is 2.21. The number of hydrogen-bond donors (Lipinski definition) is 1. The standard InChI is InChI=1S/C7H7ClO2/c8-7(10)3-1-2-6(4-7)5-9/h1-2,4-5,10H,3H2. The van der Waals surface area contributed by atoms with Crippen LogP contribution in [0, 0.1) is 0 Å². The molecule has 0 aromatic rings. The minimum atomic E-state index is -1.36. The zero-order valence-corrected chi connectivity index (χ0v) is 6.01. The molecule has 0 fully saturated rings. The monoisotopic (exact) mass is 158 g/mol. The second kappa shape index (κ2) is 2.56. The highest BCUT2D eigenvalue weighted by atomic mass is 35.5. The Morgan fingerprint density at radius 3 is 2.90 bits per heavy atom. The molecule has 0 heterocycles. The van der Waals surface area contributed by atoms with Crippen molar-refractivity contribution in [3.63, 3.8) is 0 Å². The average Bonchev–Trinajstić information content (AvgIpc) is 1.86. The Morgan fingerprint density at radius 1 is 1.80 bits per heavy atom. The number of hydrogen-bond acceptors (Lipinski definition) is 2. The summed E-state index contributed by atoms with van der Waals surface area (Å²) >= 11 is 5.51. The van der Waals surface area contributed by atoms with Crippen LogP contribution in [-0.4, -0.2) is 16.5 Å². The van der Waals surface area contributed by atoms with Crippen LogP contribution in [0.3, 0.4) is 0 Å². The zero-order chi connectivity index (χ0) is 7.61. The highest BCUT2D eigenvalue weighted by molar-refractivity contribution is 6.24. The summed E-state index contributed by atoms with van der Waals surface area (Å²) in [4.78, 5) is 10.2. The number of halogens is 1. The molecule has 0 saturated carbocycles. The second-order valence-electron chi connectivity index (χ2n) is 2.19. The van der Waals surface area contributed by atoms with Crippen LogP contribution in [0.15, 0.2) is 23.8 Å². The first-order valence-corrected chi connectivity index (χ1v) is 3.28. The summed E-state index contributed by atoms with van der Waals surface area (Å²) in [5.41, 5.74) is 0.420. The van der Waals surface area contributed by atoms with Gasteiger partial charge in [0.25, 0.3) is 0 Å². The van der Waals surface area contributed by atoms with Gasteiger partial charge in [0.05, 0.1) is 0 Å². The fourth-order valence-corrected chi connectivity index (χ4v) is 1.01. The van der Waals surface area contributed by atoms with E-state index in [9.17, 15) is 4.79 Å². The third-order valence-electron chi connectivity index (χ3n) is 1.24. The quantitative estimate of drug-likeness (QED) is 0.457. The van der Waals surface area contributed by atoms with Crippen LogP contribution >= 0.6 is 11.6 Å². The van der Waals surface area contributed by atoms with Crippen molar-refractivity contribution in [2.45, 2.75) is 11.5 Å². The Hall–Kier alpha value is -0.600. The number of carbonyl (C=O) groups excluding carboxylic acids is 1. The van der Waals surface area contributed by atoms with Gasteiger partial charge in [-0.1, -0.05) is 23.8 Å². The van der Waals surface area contributed by atoms with Crippen molar-refractivity contribution in [2.24, 2.45) is 0 Å². The number of allylic oxidation sites excluding steroid dienone is 2. The van der Waals surface area contributed by atoms with Crippen molar-refractivity contribution in [3.8, 4) is 0 Å². The molecule has 54 valence electrons. The SMILES string of the molecule is O=CC1=CC(O)(Cl)CC=C1. The van der Waals surface area contributed by atoms with E-state index in [0.717, 1.165) is 0 Å². The number of aldehydes is 1. The van der Waals surface area contributed by atoms with E-state index in [1.54, 1.807) is 12.2 Å². The third kappa shape index (κ3) is 1.69. The molecule has 1 rings (SSSR count). The van der Waals surface area contributed by atoms with Crippen LogP contribution in [0.2, 0.25) is 0 Å². The predicted molar refractivity (Wildman–Crippen MR) is 38.7 cm³/mol. The van der Waals surface area contributed by atoms with Crippen molar-refractivity contribution in [2.75, 3.05) is 0 Å². The lowest BCUT2D eigenvalue weighted by Crippen LogP contribution is -2.18. The number of alkyl halides is 1. The summed E-state index contributed by atoms with van der Waals surface area (Å²) in [7, 11) is 0. The molecule has 2 nitrogen and oxygen atoms in total. The Kier molecular flexibility index (Phi) is 1.92. The lowest BCUT2D eigenvalue weighted by atomic mass is 10.1. The molecule has 0 amide bonds. The van der Waals surface area contributed by atoms with Gasteiger partial charge in [-0.15, -0.1) is 0 Å². The molecule has 0 bridgehead atoms. The first-order valence-electron chi connectivity index (χ1n) is 2.90. The van der Waals surface area contributed by atoms with Gasteiger partial charge >= 0.3 is 0 Å². The summed E-state index contributed by atoms with van der Waals surface area (Å²) in [6.45, 7) is 0. The fourth-order valence-electron chi connectivity index (χ4n) is 0.796. The van der Waals surface area contributed by atoms with Crippen molar-refractivity contribution in [1.29, 1.82) is 0 Å². The van der Waals surface area contributed by atoms with Crippen molar-refractivity contribution >= 4 is 17.9 Å². The molecule has 1 unspecified atom stereocenters. The van der Waals surface area contributed by atoms with Gasteiger partial charge in [-0.2, -0.15) is 0 Å². The van der Waals surface area contributed by atoms with E-state index in [1.807, 2.05) is 0 Å². The van der Waals surface area contributed by atoms with Crippen LogP contribution < -0.4 is 0 Å². The first kappa shape index (κ1) is 7.51. The van der Waals surface area contributed by atoms with Gasteiger partial charge in [0.15, 0.2) is 5.06 Å². The van der Waals surface area contributed by atoms with Crippen LogP contribution in [0.4, 0.5) is 0 Å². The van der Waals surface area contributed by atoms with E-state index >= 15 is 0 Å². The zero-order valence-electron chi connectivity index (χ0n) is 5.25. The van der Waals surface area contributed by atoms with Crippen molar-refractivity contribution in [1.82, 2.24) is 0 Å². The van der Waals surface area contributed by atoms with Crippen LogP contribution in [0.1, 0.15) is 6.42 Å². The predicted octanol–water partition coefficient (Wildman–Crippen LogP) is 0.999. The number of carbonyl (C=O) groups is 1. The lowest BCUT2D eigenvalue weighted by molar-refractivity contribution is -0.104. The van der Waals surface area contributed by atoms with E-state index in [2.05, 4.69) is 0 Å². The summed E-state index contributed by atoms with van der Waals surface area (Å²) in [6, 6.07) is 0. The van der Waals surface area contributed by atoms with Gasteiger partial charge < -0.3 is 5.11 Å². The van der Waals surface area contributed by atoms with E-state index in [0.29, 0.717) is 18.3 Å². The molecule has 0 saturated heterocycles. The summed E-state index contributed by atoms with van der Waals surface area (Å²) in [5.74, 6) is 0. The molecule has 0 aromatic carbocycles. The van der Waals surface area contributed by atoms with Crippen molar-refractivity contribution in [3.05, 3.63) is 23.8 Å². The molecule has 0 spiro atoms. The van der Waals surface area contributed by atoms with Crippen LogP contribution in [0.25, 0.3) is 0 Å². The maximum Gasteiger partial charge on any atom is 0.161 e. The van der Waals surface area contributed by atoms with Gasteiger partial charge in [-0.25, -0.2) is 0 Å². The van der Waals surface area contributed by atoms with E-state index in [-0.39, 0.29) is 0 Å². The Balaban J connectivity index is 2.84. The minimum Gasteiger partial charge on any atom is -0.371 e. The Bertz CT molecular complexity index is 204. The topological polar surface area (TPSA) is 37.3 Å². The molecule has 0 aliphatic heterocycles. The largest absolute Gasteiger partial charge is 0.371 e. The molecule has 1 aliphatic carbocycles. The van der Waals surface area contributed by atoms with Gasteiger partial charge in [-0.3, -0.25) is 4.79 Å². The Labute approximate surface area is 63.8 Å². The smallest absolute Gasteiger partial charge is 0.161 e. The molecular weight excluding hydrogens is 152 g/mol. The molecule has 1 N–H and O–H groups in total. The van der Waals surface area contributed by atoms with E-state index < -0.39 is 5.06 Å². The maximum absolute atomic E-state index is 10.2. The number of aliphatic hydroxyl groups is 1. The second-order valence-corrected chi connectivity index (χ2v) is 2.84. The minimum absolute atomic E-state index is 0.353. The van der Waals surface area contributed by atoms with E-state index in [1.165, 1.54) is 6.08 Å². The summed E-state index contributed by atoms with van der Waals surface area (Å²) in [6.07, 6.45) is 5.64. The van der Waals surface area contributed by atoms with Gasteiger partial charge in [0.2, 0.25) is 0 Å². The average molecular weight is 159 g/mol. The van der Waals surface area contributed by atoms with Gasteiger partial charge in [0.1, 0.15) is 6.29 Å². The summed E-state index contributed by atoms with van der Waals surface area (Å²) < 4.78 is 0. The van der Waals surface area contributed by atoms with Crippen LogP contribution in [-0.2, 0) is 4.79 Å². The molecule has 0 aromatic heterocycles. The molecule has 1 aliphatic rings.